The quantitative estimate of drug-likeness (QED) is 0.284. The Morgan fingerprint density at radius 1 is 0.966 bits per heavy atom. The van der Waals surface area contributed by atoms with E-state index in [0.29, 0.717) is 0 Å². The lowest BCUT2D eigenvalue weighted by atomic mass is 10.0. The summed E-state index contributed by atoms with van der Waals surface area (Å²) in [4.78, 5) is 21.9. The van der Waals surface area contributed by atoms with Gasteiger partial charge in [0.05, 0.1) is 0 Å². The van der Waals surface area contributed by atoms with Gasteiger partial charge in [0.2, 0.25) is 0 Å². The summed E-state index contributed by atoms with van der Waals surface area (Å²) in [6.45, 7) is 0. The Labute approximate surface area is 166 Å². The molecule has 0 radical (unpaired) electrons. The lowest BCUT2D eigenvalue weighted by Crippen LogP contribution is -2.42. The van der Waals surface area contributed by atoms with Crippen molar-refractivity contribution in [1.82, 2.24) is 9.97 Å². The van der Waals surface area contributed by atoms with Crippen LogP contribution in [0.2, 0.25) is 0 Å². The second-order valence-electron chi connectivity index (χ2n) is 7.06. The number of nitrogens with one attached hydrogen (secondary N) is 2. The average Bonchev–Trinajstić information content (AvgIpc) is 3.32. The number of H-pyrrole nitrogens is 2. The van der Waals surface area contributed by atoms with Crippen molar-refractivity contribution in [1.29, 1.82) is 0 Å². The molecule has 2 aromatic carbocycles. The standard InChI is InChI=1S/C22H22N4O3/c23-17(9-13-11-24-18-7-3-1-5-15(13)18)21(27)26-20(22(28)29)10-14-12-25-19-8-4-2-6-16(14)19/h1-8,11-12,17,20,24-25H,9-10,23H2,(H,26,27)(H,28,29)/p-1. The monoisotopic (exact) mass is 389 g/mol. The van der Waals surface area contributed by atoms with Gasteiger partial charge in [0.25, 0.3) is 0 Å². The molecular weight excluding hydrogens is 368 g/mol. The van der Waals surface area contributed by atoms with Gasteiger partial charge in [-0.3, -0.25) is 4.99 Å². The lowest BCUT2D eigenvalue weighted by molar-refractivity contribution is -0.221. The number of aliphatic imine (C=N–C) groups is 1. The zero-order valence-corrected chi connectivity index (χ0v) is 15.6. The third-order valence-corrected chi connectivity index (χ3v) is 5.09. The van der Waals surface area contributed by atoms with Crippen LogP contribution < -0.4 is 10.8 Å². The molecule has 4 aromatic rings. The van der Waals surface area contributed by atoms with E-state index < -0.39 is 24.0 Å². The summed E-state index contributed by atoms with van der Waals surface area (Å²) in [5.41, 5.74) is 9.63. The second-order valence-corrected chi connectivity index (χ2v) is 7.06. The minimum absolute atomic E-state index is 0.116. The van der Waals surface area contributed by atoms with Crippen molar-refractivity contribution in [2.75, 3.05) is 0 Å². The maximum absolute atomic E-state index is 12.5. The molecule has 0 aliphatic rings. The Kier molecular flexibility index (Phi) is 5.05. The van der Waals surface area contributed by atoms with Crippen molar-refractivity contribution in [3.8, 4) is 0 Å². The number of nitrogens with zero attached hydrogens (tertiary/aromatic N) is 1. The minimum Gasteiger partial charge on any atom is -0.861 e. The first-order valence-electron chi connectivity index (χ1n) is 9.36. The molecule has 2 unspecified atom stereocenters. The molecule has 0 aliphatic heterocycles. The second kappa shape index (κ2) is 7.81. The maximum Gasteiger partial charge on any atom is 0.328 e. The molecule has 29 heavy (non-hydrogen) atoms. The van der Waals surface area contributed by atoms with Gasteiger partial charge in [-0.1, -0.05) is 36.4 Å². The highest BCUT2D eigenvalue weighted by Gasteiger charge is 2.19. The topological polar surface area (TPSA) is 130 Å². The van der Waals surface area contributed by atoms with Gasteiger partial charge in [-0.05, 0) is 35.6 Å². The van der Waals surface area contributed by atoms with Gasteiger partial charge in [0, 0.05) is 46.7 Å². The minimum atomic E-state index is -1.18. The first-order chi connectivity index (χ1) is 14.0. The lowest BCUT2D eigenvalue weighted by Gasteiger charge is -2.21. The van der Waals surface area contributed by atoms with E-state index in [9.17, 15) is 15.0 Å². The molecule has 2 aromatic heterocycles. The van der Waals surface area contributed by atoms with E-state index in [1.165, 1.54) is 0 Å². The number of carboxylic acids is 1. The summed E-state index contributed by atoms with van der Waals surface area (Å²) >= 11 is 0. The number of carbonyl (C=O) groups is 1. The highest BCUT2D eigenvalue weighted by molar-refractivity contribution is 5.87. The number of para-hydroxylation sites is 2. The molecule has 4 rings (SSSR count). The smallest absolute Gasteiger partial charge is 0.328 e. The predicted octanol–water partition coefficient (Wildman–Crippen LogP) is 1.97. The predicted molar refractivity (Wildman–Crippen MR) is 111 cm³/mol. The van der Waals surface area contributed by atoms with E-state index in [4.69, 9.17) is 5.73 Å². The fraction of sp³-hybridized carbons (Fsp3) is 0.182. The largest absolute Gasteiger partial charge is 0.861 e. The van der Waals surface area contributed by atoms with Gasteiger partial charge in [0.15, 0.2) is 0 Å². The van der Waals surface area contributed by atoms with E-state index in [1.807, 2.05) is 54.7 Å². The SMILES string of the molecule is NC(Cc1c[nH]c2ccccc12)C([O-])=NC(Cc1c[nH]c2ccccc12)C(=O)O. The Morgan fingerprint density at radius 2 is 1.48 bits per heavy atom. The molecule has 2 heterocycles. The molecule has 0 amide bonds. The van der Waals surface area contributed by atoms with Crippen LogP contribution in [0.1, 0.15) is 11.1 Å². The molecule has 148 valence electrons. The number of aliphatic carboxylic acids is 1. The van der Waals surface area contributed by atoms with Crippen LogP contribution in [0.5, 0.6) is 0 Å². The summed E-state index contributed by atoms with van der Waals surface area (Å²) in [5, 5.41) is 24.0. The van der Waals surface area contributed by atoms with E-state index in [-0.39, 0.29) is 12.8 Å². The summed E-state index contributed by atoms with van der Waals surface area (Å²) in [7, 11) is 0. The zero-order valence-electron chi connectivity index (χ0n) is 15.6. The molecule has 0 saturated carbocycles. The van der Waals surface area contributed by atoms with E-state index in [1.54, 1.807) is 6.20 Å². The fourth-order valence-corrected chi connectivity index (χ4v) is 3.57. The summed E-state index contributed by atoms with van der Waals surface area (Å²) in [6.07, 6.45) is 3.97. The van der Waals surface area contributed by atoms with Crippen LogP contribution in [-0.2, 0) is 17.6 Å². The molecule has 5 N–H and O–H groups in total. The zero-order chi connectivity index (χ0) is 20.4. The van der Waals surface area contributed by atoms with Crippen LogP contribution in [0.25, 0.3) is 21.8 Å². The molecule has 0 aliphatic carbocycles. The van der Waals surface area contributed by atoms with E-state index in [2.05, 4.69) is 15.0 Å². The number of aromatic amines is 2. The summed E-state index contributed by atoms with van der Waals surface area (Å²) in [6, 6.07) is 13.2. The van der Waals surface area contributed by atoms with Crippen molar-refractivity contribution in [2.45, 2.75) is 24.9 Å². The Hall–Kier alpha value is -3.58. The molecule has 7 heteroatoms. The van der Waals surface area contributed by atoms with Crippen LogP contribution in [0.3, 0.4) is 0 Å². The molecule has 0 saturated heterocycles. The maximum atomic E-state index is 12.5. The summed E-state index contributed by atoms with van der Waals surface area (Å²) in [5.74, 6) is -1.76. The number of hydrogen-bond acceptors (Lipinski definition) is 4. The van der Waals surface area contributed by atoms with Gasteiger partial charge >= 0.3 is 5.97 Å². The first-order valence-corrected chi connectivity index (χ1v) is 9.36. The van der Waals surface area contributed by atoms with Crippen LogP contribution in [0, 0.1) is 0 Å². The van der Waals surface area contributed by atoms with Crippen molar-refractivity contribution in [3.63, 3.8) is 0 Å². The Balaban J connectivity index is 1.53. The number of fused-ring (bicyclic) bond motifs is 2. The number of rotatable bonds is 7. The molecule has 2 atom stereocenters. The molecule has 7 nitrogen and oxygen atoms in total. The first kappa shape index (κ1) is 18.8. The van der Waals surface area contributed by atoms with Crippen LogP contribution in [0.4, 0.5) is 0 Å². The molecule has 0 fully saturated rings. The fourth-order valence-electron chi connectivity index (χ4n) is 3.57. The van der Waals surface area contributed by atoms with Crippen molar-refractivity contribution in [2.24, 2.45) is 10.7 Å². The Bertz CT molecular complexity index is 1190. The van der Waals surface area contributed by atoms with Gasteiger partial charge in [-0.15, -0.1) is 0 Å². The number of nitrogens with two attached hydrogens (primary N) is 1. The summed E-state index contributed by atoms with van der Waals surface area (Å²) < 4.78 is 0. The van der Waals surface area contributed by atoms with Gasteiger partial charge < -0.3 is 25.9 Å². The van der Waals surface area contributed by atoms with Gasteiger partial charge in [0.1, 0.15) is 6.04 Å². The number of benzene rings is 2. The highest BCUT2D eigenvalue weighted by atomic mass is 16.4. The average molecular weight is 389 g/mol. The number of carboxylic acid groups (broad SMARTS) is 1. The van der Waals surface area contributed by atoms with Crippen LogP contribution >= 0.6 is 0 Å². The number of aromatic nitrogens is 2. The van der Waals surface area contributed by atoms with Gasteiger partial charge in [-0.2, -0.15) is 0 Å². The molecule has 0 spiro atoms. The Morgan fingerprint density at radius 3 is 2.03 bits per heavy atom. The third kappa shape index (κ3) is 3.86. The number of hydrogen-bond donors (Lipinski definition) is 4. The van der Waals surface area contributed by atoms with Crippen LogP contribution in [0.15, 0.2) is 65.9 Å². The van der Waals surface area contributed by atoms with Crippen LogP contribution in [-0.4, -0.2) is 39.0 Å². The van der Waals surface area contributed by atoms with Gasteiger partial charge in [-0.25, -0.2) is 4.79 Å². The van der Waals surface area contributed by atoms with Crippen molar-refractivity contribution >= 4 is 33.7 Å². The van der Waals surface area contributed by atoms with Crippen molar-refractivity contribution < 1.29 is 15.0 Å². The van der Waals surface area contributed by atoms with E-state index in [0.717, 1.165) is 32.9 Å². The normalized spacial score (nSPS) is 14.3. The molecule has 0 bridgehead atoms. The highest BCUT2D eigenvalue weighted by Crippen LogP contribution is 2.21. The van der Waals surface area contributed by atoms with Crippen molar-refractivity contribution in [3.05, 3.63) is 72.1 Å². The molecular formula is C22H21N4O3-. The van der Waals surface area contributed by atoms with E-state index >= 15 is 0 Å². The third-order valence-electron chi connectivity index (χ3n) is 5.09.